The van der Waals surface area contributed by atoms with Gasteiger partial charge in [0.15, 0.2) is 0 Å². The van der Waals surface area contributed by atoms with Gasteiger partial charge < -0.3 is 19.1 Å². The number of unbranched alkanes of at least 4 members (excludes halogenated alkanes) is 15. The molecule has 0 aromatic heterocycles. The number of amides is 1. The van der Waals surface area contributed by atoms with Crippen LogP contribution in [0.3, 0.4) is 0 Å². The van der Waals surface area contributed by atoms with Crippen LogP contribution in [0, 0.1) is 0 Å². The summed E-state index contributed by atoms with van der Waals surface area (Å²) in [7, 11) is 0. The van der Waals surface area contributed by atoms with E-state index in [1.165, 1.54) is 57.4 Å². The molecule has 46 heavy (non-hydrogen) atoms. The van der Waals surface area contributed by atoms with E-state index in [0.717, 1.165) is 70.6 Å². The third kappa shape index (κ3) is 31.4. The number of carbonyl (C=O) groups excluding carboxylic acids is 3. The van der Waals surface area contributed by atoms with Gasteiger partial charge in [-0.2, -0.15) is 0 Å². The average molecular weight is 648 g/mol. The molecule has 0 aliphatic rings. The van der Waals surface area contributed by atoms with E-state index in [4.69, 9.17) is 14.2 Å². The Labute approximate surface area is 282 Å². The van der Waals surface area contributed by atoms with Crippen LogP contribution >= 0.6 is 0 Å². The number of hydrogen-bond donors (Lipinski definition) is 0. The number of ether oxygens (including phenoxy) is 3. The Morgan fingerprint density at radius 2 is 1.04 bits per heavy atom. The van der Waals surface area contributed by atoms with Gasteiger partial charge in [-0.3, -0.25) is 4.79 Å². The number of allylic oxidation sites excluding steroid dienone is 3. The van der Waals surface area contributed by atoms with E-state index in [2.05, 4.69) is 26.0 Å². The zero-order chi connectivity index (χ0) is 34.1. The van der Waals surface area contributed by atoms with Crippen molar-refractivity contribution in [2.24, 2.45) is 0 Å². The first-order valence-electron chi connectivity index (χ1n) is 18.5. The number of esters is 2. The van der Waals surface area contributed by atoms with E-state index in [0.29, 0.717) is 32.7 Å². The summed E-state index contributed by atoms with van der Waals surface area (Å²) in [5.74, 6) is -0.429. The molecule has 0 fully saturated rings. The van der Waals surface area contributed by atoms with Crippen molar-refractivity contribution in [1.29, 1.82) is 0 Å². The number of nitrogens with zero attached hydrogens (tertiary/aromatic N) is 1. The van der Waals surface area contributed by atoms with E-state index in [-0.39, 0.29) is 18.0 Å². The van der Waals surface area contributed by atoms with E-state index in [9.17, 15) is 14.4 Å². The van der Waals surface area contributed by atoms with Crippen LogP contribution in [0.4, 0.5) is 4.79 Å². The summed E-state index contributed by atoms with van der Waals surface area (Å²) in [5.41, 5.74) is -0.530. The predicted octanol–water partition coefficient (Wildman–Crippen LogP) is 10.8. The standard InChI is InChI=1S/C39H69NO6/c1-6-8-10-12-14-22-28-34-44-36(41)30-24-18-16-20-26-32-40(38(43)46-39(3,4)5)33-27-21-17-19-25-31-37(42)45-35-29-23-15-13-11-9-7-2/h22-24,28-30H,6-21,25-27,31-35H2,1-5H3/b28-22+,29-23-,30-24+. The van der Waals surface area contributed by atoms with E-state index in [1.54, 1.807) is 0 Å². The minimum Gasteiger partial charge on any atom is -0.461 e. The molecule has 0 spiro atoms. The lowest BCUT2D eigenvalue weighted by Gasteiger charge is -2.27. The topological polar surface area (TPSA) is 82.1 Å². The molecule has 0 heterocycles. The Balaban J connectivity index is 4.11. The highest BCUT2D eigenvalue weighted by molar-refractivity contribution is 5.81. The molecule has 0 bridgehead atoms. The lowest BCUT2D eigenvalue weighted by atomic mass is 10.1. The van der Waals surface area contributed by atoms with Crippen LogP contribution in [-0.4, -0.2) is 54.8 Å². The van der Waals surface area contributed by atoms with Crippen LogP contribution in [0.15, 0.2) is 36.5 Å². The summed E-state index contributed by atoms with van der Waals surface area (Å²) < 4.78 is 16.2. The maximum Gasteiger partial charge on any atom is 0.410 e. The molecule has 1 amide bonds. The molecule has 0 N–H and O–H groups in total. The molecule has 0 aromatic rings. The smallest absolute Gasteiger partial charge is 0.410 e. The second-order valence-electron chi connectivity index (χ2n) is 13.2. The molecule has 0 aliphatic carbocycles. The molecular weight excluding hydrogens is 578 g/mol. The number of hydrogen-bond acceptors (Lipinski definition) is 6. The van der Waals surface area contributed by atoms with Gasteiger partial charge in [0.1, 0.15) is 18.8 Å². The molecule has 266 valence electrons. The Morgan fingerprint density at radius 1 is 0.565 bits per heavy atom. The van der Waals surface area contributed by atoms with Crippen molar-refractivity contribution in [2.45, 2.75) is 169 Å². The van der Waals surface area contributed by atoms with Gasteiger partial charge in [0.05, 0.1) is 0 Å². The van der Waals surface area contributed by atoms with Crippen molar-refractivity contribution in [3.8, 4) is 0 Å². The summed E-state index contributed by atoms with van der Waals surface area (Å²) in [6.45, 7) is 12.1. The van der Waals surface area contributed by atoms with Crippen molar-refractivity contribution in [3.63, 3.8) is 0 Å². The monoisotopic (exact) mass is 648 g/mol. The van der Waals surface area contributed by atoms with Crippen LogP contribution in [-0.2, 0) is 23.8 Å². The molecule has 0 unspecified atom stereocenters. The molecule has 0 atom stereocenters. The zero-order valence-electron chi connectivity index (χ0n) is 30.3. The Morgan fingerprint density at radius 3 is 1.61 bits per heavy atom. The summed E-state index contributed by atoms with van der Waals surface area (Å²) in [6.07, 6.45) is 32.0. The predicted molar refractivity (Wildman–Crippen MR) is 191 cm³/mol. The number of carbonyl (C=O) groups is 3. The van der Waals surface area contributed by atoms with Gasteiger partial charge in [-0.25, -0.2) is 9.59 Å². The summed E-state index contributed by atoms with van der Waals surface area (Å²) in [6, 6.07) is 0. The van der Waals surface area contributed by atoms with E-state index < -0.39 is 5.60 Å². The third-order valence-electron chi connectivity index (χ3n) is 7.46. The van der Waals surface area contributed by atoms with Crippen LogP contribution in [0.5, 0.6) is 0 Å². The highest BCUT2D eigenvalue weighted by Gasteiger charge is 2.21. The lowest BCUT2D eigenvalue weighted by molar-refractivity contribution is -0.142. The molecule has 7 nitrogen and oxygen atoms in total. The van der Waals surface area contributed by atoms with Gasteiger partial charge >= 0.3 is 18.0 Å². The van der Waals surface area contributed by atoms with Gasteiger partial charge in [-0.1, -0.05) is 108 Å². The second-order valence-corrected chi connectivity index (χ2v) is 13.2. The average Bonchev–Trinajstić information content (AvgIpc) is 3.00. The Bertz CT molecular complexity index is 842. The van der Waals surface area contributed by atoms with Gasteiger partial charge in [-0.15, -0.1) is 0 Å². The fourth-order valence-corrected chi connectivity index (χ4v) is 4.79. The molecule has 0 radical (unpaired) electrons. The molecule has 0 rings (SSSR count). The van der Waals surface area contributed by atoms with Crippen molar-refractivity contribution in [2.75, 3.05) is 26.3 Å². The SMILES string of the molecule is CCCCCC/C=C\COC(=O)CCCCCCCN(CCCCC/C=C/C(=O)OC/C=C/CCCCCC)C(=O)OC(C)(C)C. The summed E-state index contributed by atoms with van der Waals surface area (Å²) >= 11 is 0. The van der Waals surface area contributed by atoms with Crippen LogP contribution in [0.25, 0.3) is 0 Å². The molecule has 7 heteroatoms. The summed E-state index contributed by atoms with van der Waals surface area (Å²) in [5, 5.41) is 0. The minimum atomic E-state index is -0.530. The van der Waals surface area contributed by atoms with E-state index >= 15 is 0 Å². The highest BCUT2D eigenvalue weighted by Crippen LogP contribution is 2.14. The van der Waals surface area contributed by atoms with Gasteiger partial charge in [0, 0.05) is 25.6 Å². The Kier molecular flexibility index (Phi) is 29.3. The van der Waals surface area contributed by atoms with Crippen molar-refractivity contribution in [3.05, 3.63) is 36.5 Å². The highest BCUT2D eigenvalue weighted by atomic mass is 16.6. The lowest BCUT2D eigenvalue weighted by Crippen LogP contribution is -2.38. The fraction of sp³-hybridized carbons (Fsp3) is 0.769. The van der Waals surface area contributed by atoms with Gasteiger partial charge in [0.2, 0.25) is 0 Å². The fourth-order valence-electron chi connectivity index (χ4n) is 4.79. The van der Waals surface area contributed by atoms with Crippen LogP contribution in [0.1, 0.15) is 163 Å². The molecule has 0 saturated heterocycles. The molecular formula is C39H69NO6. The molecule has 0 aliphatic heterocycles. The largest absolute Gasteiger partial charge is 0.461 e. The molecule has 0 saturated carbocycles. The maximum atomic E-state index is 12.8. The minimum absolute atomic E-state index is 0.126. The first-order valence-corrected chi connectivity index (χ1v) is 18.5. The quantitative estimate of drug-likeness (QED) is 0.0264. The first kappa shape index (κ1) is 43.4. The van der Waals surface area contributed by atoms with Gasteiger partial charge in [-0.05, 0) is 78.6 Å². The first-order chi connectivity index (χ1) is 22.2. The van der Waals surface area contributed by atoms with Crippen molar-refractivity contribution < 1.29 is 28.6 Å². The second kappa shape index (κ2) is 31.1. The van der Waals surface area contributed by atoms with Crippen LogP contribution in [0.2, 0.25) is 0 Å². The van der Waals surface area contributed by atoms with Gasteiger partial charge in [0.25, 0.3) is 0 Å². The Hall–Kier alpha value is -2.57. The maximum absolute atomic E-state index is 12.8. The normalized spacial score (nSPS) is 11.9. The summed E-state index contributed by atoms with van der Waals surface area (Å²) in [4.78, 5) is 38.4. The van der Waals surface area contributed by atoms with Crippen molar-refractivity contribution in [1.82, 2.24) is 4.90 Å². The molecule has 0 aromatic carbocycles. The number of rotatable bonds is 29. The van der Waals surface area contributed by atoms with Crippen LogP contribution < -0.4 is 0 Å². The third-order valence-corrected chi connectivity index (χ3v) is 7.46. The zero-order valence-corrected chi connectivity index (χ0v) is 30.3. The van der Waals surface area contributed by atoms with Crippen molar-refractivity contribution >= 4 is 18.0 Å². The van der Waals surface area contributed by atoms with E-state index in [1.807, 2.05) is 43.9 Å².